The molecular formula is C10H15NO2S. The van der Waals surface area contributed by atoms with E-state index >= 15 is 0 Å². The summed E-state index contributed by atoms with van der Waals surface area (Å²) in [6, 6.07) is 7.48. The molecule has 0 radical (unpaired) electrons. The highest BCUT2D eigenvalue weighted by atomic mass is 32.2. The van der Waals surface area contributed by atoms with Crippen molar-refractivity contribution in [2.24, 2.45) is 0 Å². The molecule has 78 valence electrons. The van der Waals surface area contributed by atoms with Crippen molar-refractivity contribution in [3.05, 3.63) is 29.8 Å². The molecule has 0 fully saturated rings. The Kier molecular flexibility index (Phi) is 4.62. The minimum Gasteiger partial charge on any atom is -0.399 e. The second-order valence-electron chi connectivity index (χ2n) is 3.03. The SMILES string of the molecule is COCC[S@](=O)Cc1cccc(N)c1. The van der Waals surface area contributed by atoms with Gasteiger partial charge >= 0.3 is 0 Å². The second kappa shape index (κ2) is 5.78. The maximum absolute atomic E-state index is 11.5. The van der Waals surface area contributed by atoms with E-state index < -0.39 is 10.8 Å². The summed E-state index contributed by atoms with van der Waals surface area (Å²) in [7, 11) is 0.749. The van der Waals surface area contributed by atoms with E-state index in [1.54, 1.807) is 7.11 Å². The number of hydrogen-bond donors (Lipinski definition) is 1. The van der Waals surface area contributed by atoms with Gasteiger partial charge in [-0.25, -0.2) is 0 Å². The average Bonchev–Trinajstić information content (AvgIpc) is 2.15. The van der Waals surface area contributed by atoms with Crippen molar-refractivity contribution >= 4 is 16.5 Å². The summed E-state index contributed by atoms with van der Waals surface area (Å²) in [6.45, 7) is 0.537. The molecule has 1 rings (SSSR count). The molecule has 0 aliphatic heterocycles. The molecule has 1 aromatic carbocycles. The number of anilines is 1. The fourth-order valence-electron chi connectivity index (χ4n) is 1.12. The number of ether oxygens (including phenoxy) is 1. The van der Waals surface area contributed by atoms with Crippen LogP contribution in [0.25, 0.3) is 0 Å². The summed E-state index contributed by atoms with van der Waals surface area (Å²) in [5, 5.41) is 0. The monoisotopic (exact) mass is 213 g/mol. The van der Waals surface area contributed by atoms with Gasteiger partial charge in [-0.3, -0.25) is 4.21 Å². The Hall–Kier alpha value is -0.870. The molecule has 0 spiro atoms. The highest BCUT2D eigenvalue weighted by Crippen LogP contribution is 2.08. The van der Waals surface area contributed by atoms with Crippen LogP contribution in [-0.4, -0.2) is 23.7 Å². The molecule has 3 nitrogen and oxygen atoms in total. The molecule has 1 atom stereocenters. The molecule has 0 aliphatic carbocycles. The molecule has 0 aliphatic rings. The summed E-state index contributed by atoms with van der Waals surface area (Å²) < 4.78 is 16.3. The summed E-state index contributed by atoms with van der Waals surface area (Å²) in [5.41, 5.74) is 7.34. The minimum absolute atomic E-state index is 0.537. The number of methoxy groups -OCH3 is 1. The lowest BCUT2D eigenvalue weighted by molar-refractivity contribution is 0.218. The minimum atomic E-state index is -0.860. The standard InChI is InChI=1S/C10H15NO2S/c1-13-5-6-14(12)8-9-3-2-4-10(11)7-9/h2-4,7H,5-6,8,11H2,1H3/t14-/m0/s1. The van der Waals surface area contributed by atoms with Crippen molar-refractivity contribution in [2.75, 3.05) is 25.2 Å². The van der Waals surface area contributed by atoms with Gasteiger partial charge in [0.1, 0.15) is 0 Å². The van der Waals surface area contributed by atoms with E-state index in [1.807, 2.05) is 24.3 Å². The van der Waals surface area contributed by atoms with Crippen LogP contribution in [0.15, 0.2) is 24.3 Å². The Morgan fingerprint density at radius 3 is 2.93 bits per heavy atom. The van der Waals surface area contributed by atoms with Crippen LogP contribution in [0.3, 0.4) is 0 Å². The lowest BCUT2D eigenvalue weighted by atomic mass is 10.2. The quantitative estimate of drug-likeness (QED) is 0.747. The molecule has 4 heteroatoms. The molecule has 0 aromatic heterocycles. The van der Waals surface area contributed by atoms with Crippen molar-refractivity contribution in [1.29, 1.82) is 0 Å². The van der Waals surface area contributed by atoms with Crippen LogP contribution in [0.1, 0.15) is 5.56 Å². The maximum Gasteiger partial charge on any atom is 0.0577 e. The van der Waals surface area contributed by atoms with Gasteiger partial charge in [-0.2, -0.15) is 0 Å². The number of hydrogen-bond acceptors (Lipinski definition) is 3. The van der Waals surface area contributed by atoms with Gasteiger partial charge in [0.15, 0.2) is 0 Å². The van der Waals surface area contributed by atoms with Crippen LogP contribution in [0.2, 0.25) is 0 Å². The summed E-state index contributed by atoms with van der Waals surface area (Å²) >= 11 is 0. The highest BCUT2D eigenvalue weighted by Gasteiger charge is 2.01. The Balaban J connectivity index is 2.47. The predicted molar refractivity (Wildman–Crippen MR) is 59.4 cm³/mol. The van der Waals surface area contributed by atoms with Crippen molar-refractivity contribution in [2.45, 2.75) is 5.75 Å². The molecule has 0 saturated carbocycles. The summed E-state index contributed by atoms with van der Waals surface area (Å²) in [4.78, 5) is 0. The highest BCUT2D eigenvalue weighted by molar-refractivity contribution is 7.84. The van der Waals surface area contributed by atoms with Crippen molar-refractivity contribution in [1.82, 2.24) is 0 Å². The molecular weight excluding hydrogens is 198 g/mol. The van der Waals surface area contributed by atoms with Gasteiger partial charge < -0.3 is 10.5 Å². The largest absolute Gasteiger partial charge is 0.399 e. The average molecular weight is 213 g/mol. The normalized spacial score (nSPS) is 12.6. The Labute approximate surface area is 86.7 Å². The molecule has 0 saturated heterocycles. The molecule has 0 amide bonds. The number of nitrogens with two attached hydrogens (primary N) is 1. The molecule has 0 heterocycles. The predicted octanol–water partition coefficient (Wildman–Crippen LogP) is 1.16. The smallest absolute Gasteiger partial charge is 0.0577 e. The Morgan fingerprint density at radius 1 is 1.50 bits per heavy atom. The molecule has 2 N–H and O–H groups in total. The van der Waals surface area contributed by atoms with Gasteiger partial charge in [-0.05, 0) is 17.7 Å². The first-order valence-corrected chi connectivity index (χ1v) is 5.89. The van der Waals surface area contributed by atoms with E-state index in [0.29, 0.717) is 23.8 Å². The van der Waals surface area contributed by atoms with Gasteiger partial charge in [-0.15, -0.1) is 0 Å². The van der Waals surface area contributed by atoms with E-state index in [9.17, 15) is 4.21 Å². The second-order valence-corrected chi connectivity index (χ2v) is 4.60. The van der Waals surface area contributed by atoms with Crippen molar-refractivity contribution < 1.29 is 8.95 Å². The zero-order valence-corrected chi connectivity index (χ0v) is 9.05. The number of nitrogen functional groups attached to an aromatic ring is 1. The first kappa shape index (κ1) is 11.2. The molecule has 0 bridgehead atoms. The van der Waals surface area contributed by atoms with Gasteiger partial charge in [-0.1, -0.05) is 12.1 Å². The molecule has 14 heavy (non-hydrogen) atoms. The van der Waals surface area contributed by atoms with Gasteiger partial charge in [0.2, 0.25) is 0 Å². The van der Waals surface area contributed by atoms with Gasteiger partial charge in [0.25, 0.3) is 0 Å². The first-order chi connectivity index (χ1) is 6.72. The fraction of sp³-hybridized carbons (Fsp3) is 0.400. The van der Waals surface area contributed by atoms with Gasteiger partial charge in [0.05, 0.1) is 6.61 Å². The number of rotatable bonds is 5. The third kappa shape index (κ3) is 3.89. The van der Waals surface area contributed by atoms with E-state index in [1.165, 1.54) is 0 Å². The maximum atomic E-state index is 11.5. The van der Waals surface area contributed by atoms with Crippen LogP contribution in [0.4, 0.5) is 5.69 Å². The number of benzene rings is 1. The Morgan fingerprint density at radius 2 is 2.29 bits per heavy atom. The lowest BCUT2D eigenvalue weighted by Gasteiger charge is -2.02. The first-order valence-electron chi connectivity index (χ1n) is 4.40. The zero-order chi connectivity index (χ0) is 10.4. The van der Waals surface area contributed by atoms with E-state index in [4.69, 9.17) is 10.5 Å². The summed E-state index contributed by atoms with van der Waals surface area (Å²) in [6.07, 6.45) is 0. The lowest BCUT2D eigenvalue weighted by Crippen LogP contribution is -2.06. The van der Waals surface area contributed by atoms with E-state index in [2.05, 4.69) is 0 Å². The van der Waals surface area contributed by atoms with Crippen LogP contribution in [-0.2, 0) is 21.3 Å². The molecule has 0 unspecified atom stereocenters. The fourth-order valence-corrected chi connectivity index (χ4v) is 2.17. The third-order valence-electron chi connectivity index (χ3n) is 1.79. The van der Waals surface area contributed by atoms with Crippen molar-refractivity contribution in [3.8, 4) is 0 Å². The van der Waals surface area contributed by atoms with Crippen LogP contribution < -0.4 is 5.73 Å². The van der Waals surface area contributed by atoms with E-state index in [0.717, 1.165) is 5.56 Å². The van der Waals surface area contributed by atoms with Gasteiger partial charge in [0, 0.05) is 35.1 Å². The third-order valence-corrected chi connectivity index (χ3v) is 3.07. The summed E-state index contributed by atoms with van der Waals surface area (Å²) in [5.74, 6) is 1.12. The van der Waals surface area contributed by atoms with Crippen molar-refractivity contribution in [3.63, 3.8) is 0 Å². The van der Waals surface area contributed by atoms with Crippen LogP contribution in [0.5, 0.6) is 0 Å². The van der Waals surface area contributed by atoms with Crippen LogP contribution in [0, 0.1) is 0 Å². The van der Waals surface area contributed by atoms with E-state index in [-0.39, 0.29) is 0 Å². The van der Waals surface area contributed by atoms with Crippen LogP contribution >= 0.6 is 0 Å². The zero-order valence-electron chi connectivity index (χ0n) is 8.23. The topological polar surface area (TPSA) is 52.3 Å². The molecule has 1 aromatic rings. The Bertz CT molecular complexity index is 315.